The first-order valence-electron chi connectivity index (χ1n) is 13.0. The average Bonchev–Trinajstić information content (AvgIpc) is 2.80. The monoisotopic (exact) mass is 437 g/mol. The average molecular weight is 438 g/mol. The van der Waals surface area contributed by atoms with Gasteiger partial charge >= 0.3 is 0 Å². The van der Waals surface area contributed by atoms with E-state index in [2.05, 4.69) is 21.6 Å². The predicted molar refractivity (Wildman–Crippen MR) is 125 cm³/mol. The third kappa shape index (κ3) is 5.92. The van der Waals surface area contributed by atoms with Crippen LogP contribution < -0.4 is 0 Å². The second-order valence-corrected chi connectivity index (χ2v) is 11.3. The molecule has 0 aromatic heterocycles. The van der Waals surface area contributed by atoms with Gasteiger partial charge in [-0.2, -0.15) is 0 Å². The number of halogens is 1. The molecular formula is C25H44ClN3O. The first-order valence-corrected chi connectivity index (χ1v) is 13.4. The van der Waals surface area contributed by atoms with Gasteiger partial charge in [0, 0.05) is 37.6 Å². The maximum atomic E-state index is 12.9. The first-order chi connectivity index (χ1) is 14.6. The van der Waals surface area contributed by atoms with Crippen LogP contribution in [0.4, 0.5) is 0 Å². The van der Waals surface area contributed by atoms with E-state index < -0.39 is 0 Å². The summed E-state index contributed by atoms with van der Waals surface area (Å²) < 4.78 is 0. The van der Waals surface area contributed by atoms with Gasteiger partial charge < -0.3 is 4.90 Å². The Kier molecular flexibility index (Phi) is 8.39. The molecule has 2 aliphatic carbocycles. The zero-order valence-electron chi connectivity index (χ0n) is 19.2. The number of carbonyl (C=O) groups excluding carboxylic acids is 1. The summed E-state index contributed by atoms with van der Waals surface area (Å²) in [4.78, 5) is 20.1. The SMILES string of the molecule is CC(C1CCCCC1)C1CCN(CC(=O)N2CCN(C3CCCC(Cl)C3)CC2)CC1. The zero-order chi connectivity index (χ0) is 20.9. The summed E-state index contributed by atoms with van der Waals surface area (Å²) in [6, 6.07) is 0.642. The Balaban J connectivity index is 1.16. The van der Waals surface area contributed by atoms with Crippen molar-refractivity contribution in [2.75, 3.05) is 45.8 Å². The van der Waals surface area contributed by atoms with Crippen molar-refractivity contribution in [2.24, 2.45) is 17.8 Å². The van der Waals surface area contributed by atoms with E-state index in [1.54, 1.807) is 0 Å². The molecule has 0 radical (unpaired) electrons. The fraction of sp³-hybridized carbons (Fsp3) is 0.960. The van der Waals surface area contributed by atoms with Crippen molar-refractivity contribution >= 4 is 17.5 Å². The Hall–Kier alpha value is -0.320. The van der Waals surface area contributed by atoms with E-state index >= 15 is 0 Å². The third-order valence-corrected chi connectivity index (χ3v) is 9.29. The molecule has 1 amide bonds. The summed E-state index contributed by atoms with van der Waals surface area (Å²) in [7, 11) is 0. The largest absolute Gasteiger partial charge is 0.339 e. The van der Waals surface area contributed by atoms with E-state index in [-0.39, 0.29) is 0 Å². The summed E-state index contributed by atoms with van der Waals surface area (Å²) in [5, 5.41) is 0.354. The second-order valence-electron chi connectivity index (χ2n) is 10.7. The zero-order valence-corrected chi connectivity index (χ0v) is 20.0. The molecule has 0 aromatic rings. The van der Waals surface area contributed by atoms with Crippen molar-refractivity contribution in [3.63, 3.8) is 0 Å². The summed E-state index contributed by atoms with van der Waals surface area (Å²) >= 11 is 6.40. The van der Waals surface area contributed by atoms with Crippen molar-refractivity contribution in [1.82, 2.24) is 14.7 Å². The maximum absolute atomic E-state index is 12.9. The van der Waals surface area contributed by atoms with Gasteiger partial charge in [-0.05, 0) is 62.9 Å². The number of likely N-dealkylation sites (tertiary alicyclic amines) is 1. The Labute approximate surface area is 189 Å². The number of amides is 1. The quantitative estimate of drug-likeness (QED) is 0.587. The van der Waals surface area contributed by atoms with Crippen molar-refractivity contribution in [1.29, 1.82) is 0 Å². The smallest absolute Gasteiger partial charge is 0.236 e. The molecule has 4 rings (SSSR count). The Bertz CT molecular complexity index is 537. The van der Waals surface area contributed by atoms with Crippen molar-refractivity contribution in [2.45, 2.75) is 89.0 Å². The molecule has 3 atom stereocenters. The molecule has 2 heterocycles. The van der Waals surface area contributed by atoms with E-state index in [9.17, 15) is 4.79 Å². The van der Waals surface area contributed by atoms with Crippen molar-refractivity contribution < 1.29 is 4.79 Å². The highest BCUT2D eigenvalue weighted by molar-refractivity contribution is 6.20. The molecule has 5 heteroatoms. The number of nitrogens with zero attached hydrogens (tertiary/aromatic N) is 3. The number of alkyl halides is 1. The van der Waals surface area contributed by atoms with Gasteiger partial charge in [-0.1, -0.05) is 45.4 Å². The minimum absolute atomic E-state index is 0.354. The van der Waals surface area contributed by atoms with Crippen LogP contribution in [0.1, 0.15) is 77.6 Å². The lowest BCUT2D eigenvalue weighted by Crippen LogP contribution is -2.54. The van der Waals surface area contributed by atoms with Crippen LogP contribution in [0.2, 0.25) is 0 Å². The van der Waals surface area contributed by atoms with Crippen LogP contribution in [0.25, 0.3) is 0 Å². The standard InChI is InChI=1S/C25H44ClN3O/c1-20(21-6-3-2-4-7-21)22-10-12-27(13-11-22)19-25(30)29-16-14-28(15-17-29)24-9-5-8-23(26)18-24/h20-24H,2-19H2,1H3. The van der Waals surface area contributed by atoms with Crippen LogP contribution in [-0.2, 0) is 4.79 Å². The van der Waals surface area contributed by atoms with E-state index in [0.717, 1.165) is 63.4 Å². The number of piperazine rings is 1. The molecule has 172 valence electrons. The van der Waals surface area contributed by atoms with Crippen LogP contribution in [0.3, 0.4) is 0 Å². The Morgan fingerprint density at radius 3 is 2.17 bits per heavy atom. The van der Waals surface area contributed by atoms with Gasteiger partial charge in [0.15, 0.2) is 0 Å². The molecule has 4 fully saturated rings. The molecule has 0 bridgehead atoms. The summed E-state index contributed by atoms with van der Waals surface area (Å²) in [5.41, 5.74) is 0. The fourth-order valence-corrected chi connectivity index (χ4v) is 7.11. The number of hydrogen-bond acceptors (Lipinski definition) is 3. The van der Waals surface area contributed by atoms with Gasteiger partial charge in [0.1, 0.15) is 0 Å². The summed E-state index contributed by atoms with van der Waals surface area (Å²) in [6.07, 6.45) is 14.7. The van der Waals surface area contributed by atoms with Crippen LogP contribution in [0.15, 0.2) is 0 Å². The number of rotatable bonds is 5. The number of hydrogen-bond donors (Lipinski definition) is 0. The van der Waals surface area contributed by atoms with Gasteiger partial charge in [-0.25, -0.2) is 0 Å². The van der Waals surface area contributed by atoms with E-state index in [1.165, 1.54) is 64.2 Å². The molecule has 4 nitrogen and oxygen atoms in total. The fourth-order valence-electron chi connectivity index (χ4n) is 6.75. The molecule has 2 saturated heterocycles. The molecule has 3 unspecified atom stereocenters. The van der Waals surface area contributed by atoms with E-state index in [4.69, 9.17) is 11.6 Å². The minimum atomic E-state index is 0.354. The van der Waals surface area contributed by atoms with Gasteiger partial charge in [0.25, 0.3) is 0 Å². The first kappa shape index (κ1) is 22.9. The van der Waals surface area contributed by atoms with Gasteiger partial charge in [0.05, 0.1) is 6.54 Å². The Morgan fingerprint density at radius 1 is 0.833 bits per heavy atom. The molecule has 30 heavy (non-hydrogen) atoms. The molecule has 2 saturated carbocycles. The van der Waals surface area contributed by atoms with Crippen LogP contribution >= 0.6 is 11.6 Å². The molecule has 0 N–H and O–H groups in total. The highest BCUT2D eigenvalue weighted by Crippen LogP contribution is 2.37. The second kappa shape index (κ2) is 11.0. The molecule has 0 spiro atoms. The predicted octanol–water partition coefficient (Wildman–Crippen LogP) is 4.61. The maximum Gasteiger partial charge on any atom is 0.236 e. The van der Waals surface area contributed by atoms with Crippen molar-refractivity contribution in [3.8, 4) is 0 Å². The molecule has 4 aliphatic rings. The van der Waals surface area contributed by atoms with Gasteiger partial charge in [-0.15, -0.1) is 11.6 Å². The van der Waals surface area contributed by atoms with E-state index in [0.29, 0.717) is 23.9 Å². The van der Waals surface area contributed by atoms with E-state index in [1.807, 2.05) is 0 Å². The lowest BCUT2D eigenvalue weighted by molar-refractivity contribution is -0.135. The minimum Gasteiger partial charge on any atom is -0.339 e. The lowest BCUT2D eigenvalue weighted by Gasteiger charge is -2.42. The summed E-state index contributed by atoms with van der Waals surface area (Å²) in [6.45, 7) is 9.24. The van der Waals surface area contributed by atoms with Crippen LogP contribution in [0, 0.1) is 17.8 Å². The van der Waals surface area contributed by atoms with Gasteiger partial charge in [-0.3, -0.25) is 14.6 Å². The highest BCUT2D eigenvalue weighted by Gasteiger charge is 2.32. The highest BCUT2D eigenvalue weighted by atomic mass is 35.5. The lowest BCUT2D eigenvalue weighted by atomic mass is 9.72. The molecule has 0 aromatic carbocycles. The van der Waals surface area contributed by atoms with Crippen LogP contribution in [-0.4, -0.2) is 77.8 Å². The topological polar surface area (TPSA) is 26.8 Å². The van der Waals surface area contributed by atoms with Gasteiger partial charge in [0.2, 0.25) is 5.91 Å². The molecule has 2 aliphatic heterocycles. The van der Waals surface area contributed by atoms with Crippen molar-refractivity contribution in [3.05, 3.63) is 0 Å². The normalized spacial score (nSPS) is 32.3. The number of piperidine rings is 1. The van der Waals surface area contributed by atoms with Crippen LogP contribution in [0.5, 0.6) is 0 Å². The third-order valence-electron chi connectivity index (χ3n) is 8.89. The summed E-state index contributed by atoms with van der Waals surface area (Å²) in [5.74, 6) is 3.08. The number of carbonyl (C=O) groups is 1. The Morgan fingerprint density at radius 2 is 1.50 bits per heavy atom. The molecular weight excluding hydrogens is 394 g/mol.